The Morgan fingerprint density at radius 3 is 3.05 bits per heavy atom. The molecule has 0 bridgehead atoms. The fourth-order valence-corrected chi connectivity index (χ4v) is 2.73. The molecule has 1 aliphatic heterocycles. The molecule has 6 heteroatoms. The summed E-state index contributed by atoms with van der Waals surface area (Å²) in [7, 11) is 0. The Morgan fingerprint density at radius 2 is 2.33 bits per heavy atom. The first-order chi connectivity index (χ1) is 10.1. The number of hydrogen-bond donors (Lipinski definition) is 2. The number of amides is 1. The summed E-state index contributed by atoms with van der Waals surface area (Å²) in [5, 5.41) is 13.9. The molecular formula is C15H17N3O3. The summed E-state index contributed by atoms with van der Waals surface area (Å²) >= 11 is 0. The molecule has 1 unspecified atom stereocenters. The number of phenolic OH excluding ortho intramolecular Hbond substituents is 1. The van der Waals surface area contributed by atoms with Crippen molar-refractivity contribution in [3.05, 3.63) is 41.3 Å². The van der Waals surface area contributed by atoms with Crippen molar-refractivity contribution < 1.29 is 14.4 Å². The van der Waals surface area contributed by atoms with Gasteiger partial charge in [-0.05, 0) is 31.9 Å². The number of aromatic hydroxyl groups is 1. The zero-order chi connectivity index (χ0) is 15.0. The maximum Gasteiger partial charge on any atom is 0.258 e. The minimum Gasteiger partial charge on any atom is -0.505 e. The minimum absolute atomic E-state index is 0.139. The van der Waals surface area contributed by atoms with Gasteiger partial charge in [-0.1, -0.05) is 11.2 Å². The molecule has 1 fully saturated rings. The quantitative estimate of drug-likeness (QED) is 0.652. The number of rotatable bonds is 2. The number of benzene rings is 1. The van der Waals surface area contributed by atoms with E-state index in [2.05, 4.69) is 5.16 Å². The summed E-state index contributed by atoms with van der Waals surface area (Å²) in [5.74, 6) is 0.278. The van der Waals surface area contributed by atoms with Gasteiger partial charge in [0.05, 0.1) is 23.0 Å². The number of carbonyl (C=O) groups is 1. The zero-order valence-corrected chi connectivity index (χ0v) is 11.7. The van der Waals surface area contributed by atoms with E-state index >= 15 is 0 Å². The second kappa shape index (κ2) is 5.12. The lowest BCUT2D eigenvalue weighted by Gasteiger charge is -2.23. The van der Waals surface area contributed by atoms with E-state index in [0.29, 0.717) is 12.3 Å². The fourth-order valence-electron chi connectivity index (χ4n) is 2.73. The van der Waals surface area contributed by atoms with Crippen molar-refractivity contribution in [1.29, 1.82) is 0 Å². The number of nitrogens with two attached hydrogens (primary N) is 1. The minimum atomic E-state index is -0.239. The van der Waals surface area contributed by atoms with Gasteiger partial charge >= 0.3 is 0 Å². The van der Waals surface area contributed by atoms with Crippen LogP contribution in [0.5, 0.6) is 5.75 Å². The lowest BCUT2D eigenvalue weighted by atomic mass is 10.1. The summed E-state index contributed by atoms with van der Waals surface area (Å²) in [6.45, 7) is 2.47. The summed E-state index contributed by atoms with van der Waals surface area (Å²) in [4.78, 5) is 14.4. The molecule has 1 aromatic heterocycles. The van der Waals surface area contributed by atoms with Gasteiger partial charge in [-0.15, -0.1) is 0 Å². The van der Waals surface area contributed by atoms with E-state index in [1.807, 2.05) is 13.0 Å². The predicted octanol–water partition coefficient (Wildman–Crippen LogP) is 2.25. The van der Waals surface area contributed by atoms with Crippen LogP contribution in [0, 0.1) is 6.92 Å². The van der Waals surface area contributed by atoms with Gasteiger partial charge in [0.1, 0.15) is 0 Å². The Balaban J connectivity index is 1.91. The fraction of sp³-hybridized carbons (Fsp3) is 0.333. The Kier molecular flexibility index (Phi) is 3.29. The molecule has 0 radical (unpaired) electrons. The van der Waals surface area contributed by atoms with Crippen LogP contribution < -0.4 is 5.73 Å². The van der Waals surface area contributed by atoms with Crippen LogP contribution in [0.2, 0.25) is 0 Å². The maximum absolute atomic E-state index is 12.7. The monoisotopic (exact) mass is 287 g/mol. The highest BCUT2D eigenvalue weighted by atomic mass is 16.5. The molecule has 6 nitrogen and oxygen atoms in total. The maximum atomic E-state index is 12.7. The van der Waals surface area contributed by atoms with Crippen LogP contribution in [0.1, 0.15) is 40.7 Å². The van der Waals surface area contributed by atoms with E-state index < -0.39 is 0 Å². The second-order valence-corrected chi connectivity index (χ2v) is 5.27. The number of phenols is 1. The van der Waals surface area contributed by atoms with Gasteiger partial charge in [0, 0.05) is 12.6 Å². The van der Waals surface area contributed by atoms with Crippen molar-refractivity contribution in [2.24, 2.45) is 0 Å². The van der Waals surface area contributed by atoms with E-state index in [4.69, 9.17) is 10.3 Å². The summed E-state index contributed by atoms with van der Waals surface area (Å²) < 4.78 is 5.29. The van der Waals surface area contributed by atoms with Gasteiger partial charge in [0.2, 0.25) is 0 Å². The molecule has 1 atom stereocenters. The second-order valence-electron chi connectivity index (χ2n) is 5.27. The number of hydrogen-bond acceptors (Lipinski definition) is 5. The standard InChI is InChI=1S/C15H17N3O3/c1-9-8-13(21-17-9)12-6-3-7-18(12)15(20)10-4-2-5-11(16)14(10)19/h2,4-5,8,12,19H,3,6-7,16H2,1H3. The third-order valence-corrected chi connectivity index (χ3v) is 3.79. The number of aromatic nitrogens is 1. The van der Waals surface area contributed by atoms with Crippen molar-refractivity contribution in [2.75, 3.05) is 12.3 Å². The van der Waals surface area contributed by atoms with Crippen LogP contribution in [0.3, 0.4) is 0 Å². The molecule has 3 N–H and O–H groups in total. The molecule has 3 rings (SSSR count). The van der Waals surface area contributed by atoms with E-state index in [9.17, 15) is 9.90 Å². The van der Waals surface area contributed by atoms with Crippen LogP contribution in [0.4, 0.5) is 5.69 Å². The summed E-state index contributed by atoms with van der Waals surface area (Å²) in [6.07, 6.45) is 1.71. The van der Waals surface area contributed by atoms with Crippen LogP contribution in [-0.2, 0) is 0 Å². The first-order valence-electron chi connectivity index (χ1n) is 6.89. The van der Waals surface area contributed by atoms with Crippen molar-refractivity contribution in [2.45, 2.75) is 25.8 Å². The molecule has 21 heavy (non-hydrogen) atoms. The molecule has 110 valence electrons. The van der Waals surface area contributed by atoms with E-state index in [-0.39, 0.29) is 28.9 Å². The number of carbonyl (C=O) groups excluding carboxylic acids is 1. The molecule has 1 aliphatic rings. The summed E-state index contributed by atoms with van der Waals surface area (Å²) in [5.41, 5.74) is 6.87. The Morgan fingerprint density at radius 1 is 1.52 bits per heavy atom. The van der Waals surface area contributed by atoms with Crippen LogP contribution >= 0.6 is 0 Å². The van der Waals surface area contributed by atoms with Crippen molar-refractivity contribution >= 4 is 11.6 Å². The van der Waals surface area contributed by atoms with Crippen molar-refractivity contribution in [1.82, 2.24) is 10.1 Å². The third kappa shape index (κ3) is 2.33. The van der Waals surface area contributed by atoms with Gasteiger partial charge in [0.25, 0.3) is 5.91 Å². The average molecular weight is 287 g/mol. The van der Waals surface area contributed by atoms with Crippen molar-refractivity contribution in [3.63, 3.8) is 0 Å². The molecule has 2 heterocycles. The number of nitrogens with zero attached hydrogens (tertiary/aromatic N) is 2. The molecule has 0 spiro atoms. The number of nitrogen functional groups attached to an aromatic ring is 1. The van der Waals surface area contributed by atoms with Gasteiger partial charge in [-0.3, -0.25) is 4.79 Å². The van der Waals surface area contributed by atoms with Gasteiger partial charge in [-0.2, -0.15) is 0 Å². The molecule has 0 saturated carbocycles. The van der Waals surface area contributed by atoms with Gasteiger partial charge in [-0.25, -0.2) is 0 Å². The lowest BCUT2D eigenvalue weighted by Crippen LogP contribution is -2.30. The van der Waals surface area contributed by atoms with Crippen molar-refractivity contribution in [3.8, 4) is 5.75 Å². The number of aryl methyl sites for hydroxylation is 1. The highest BCUT2D eigenvalue weighted by Gasteiger charge is 2.34. The Bertz CT molecular complexity index is 681. The SMILES string of the molecule is Cc1cc(C2CCCN2C(=O)c2cccc(N)c2O)on1. The molecule has 1 amide bonds. The Labute approximate surface area is 122 Å². The first kappa shape index (κ1) is 13.5. The number of para-hydroxylation sites is 1. The molecule has 1 aromatic carbocycles. The Hall–Kier alpha value is -2.50. The highest BCUT2D eigenvalue weighted by Crippen LogP contribution is 2.35. The molecule has 0 aliphatic carbocycles. The van der Waals surface area contributed by atoms with E-state index in [0.717, 1.165) is 18.5 Å². The van der Waals surface area contributed by atoms with Crippen LogP contribution in [0.15, 0.2) is 28.8 Å². The number of likely N-dealkylation sites (tertiary alicyclic amines) is 1. The predicted molar refractivity (Wildman–Crippen MR) is 76.8 cm³/mol. The summed E-state index contributed by atoms with van der Waals surface area (Å²) in [6, 6.07) is 6.50. The topological polar surface area (TPSA) is 92.6 Å². The smallest absolute Gasteiger partial charge is 0.258 e. The van der Waals surface area contributed by atoms with Gasteiger partial charge in [0.15, 0.2) is 11.5 Å². The van der Waals surface area contributed by atoms with E-state index in [1.54, 1.807) is 23.1 Å². The van der Waals surface area contributed by atoms with E-state index in [1.165, 1.54) is 0 Å². The lowest BCUT2D eigenvalue weighted by molar-refractivity contribution is 0.0711. The van der Waals surface area contributed by atoms with Crippen LogP contribution in [-0.4, -0.2) is 27.6 Å². The highest BCUT2D eigenvalue weighted by molar-refractivity contribution is 5.98. The first-order valence-corrected chi connectivity index (χ1v) is 6.89. The number of anilines is 1. The largest absolute Gasteiger partial charge is 0.505 e. The van der Waals surface area contributed by atoms with Gasteiger partial charge < -0.3 is 20.3 Å². The molecular weight excluding hydrogens is 270 g/mol. The average Bonchev–Trinajstić information content (AvgIpc) is 3.09. The zero-order valence-electron chi connectivity index (χ0n) is 11.7. The third-order valence-electron chi connectivity index (χ3n) is 3.79. The molecule has 1 saturated heterocycles. The normalized spacial score (nSPS) is 18.1. The molecule has 2 aromatic rings. The van der Waals surface area contributed by atoms with Crippen LogP contribution in [0.25, 0.3) is 0 Å².